The zero-order chi connectivity index (χ0) is 6.50. The molecule has 0 amide bonds. The van der Waals surface area contributed by atoms with E-state index in [0.717, 1.165) is 0 Å². The molecule has 0 aliphatic rings. The molecule has 0 radical (unpaired) electrons. The predicted octanol–water partition coefficient (Wildman–Crippen LogP) is -1.03. The molecular formula is H2MnNO5-. The summed E-state index contributed by atoms with van der Waals surface area (Å²) < 4.78 is 31.8. The second-order valence-corrected chi connectivity index (χ2v) is 1.71. The molecule has 0 unspecified atom stereocenters. The molecule has 0 aliphatic heterocycles. The summed E-state index contributed by atoms with van der Waals surface area (Å²) in [7, 11) is 0. The van der Waals surface area contributed by atoms with E-state index in [2.05, 4.69) is 0 Å². The van der Waals surface area contributed by atoms with Crippen LogP contribution in [0.3, 0.4) is 0 Å². The van der Waals surface area contributed by atoms with Crippen molar-refractivity contribution in [3.63, 3.8) is 0 Å². The van der Waals surface area contributed by atoms with Crippen LogP contribution >= 0.6 is 0 Å². The van der Waals surface area contributed by atoms with Gasteiger partial charge in [-0.2, -0.15) is 0 Å². The SMILES string of the molecule is [N-]=O.[O]=[Mn](=[O])([OH])[OH]. The van der Waals surface area contributed by atoms with E-state index < -0.39 is 13.4 Å². The average Bonchev–Trinajstić information content (AvgIpc) is 1.36. The molecule has 2 N–H and O–H groups in total. The fraction of sp³-hybridized carbons (Fsp3) is 0. The third-order valence-electron chi connectivity index (χ3n) is 0. The van der Waals surface area contributed by atoms with Gasteiger partial charge in [-0.25, -0.2) is 0 Å². The summed E-state index contributed by atoms with van der Waals surface area (Å²) in [4.78, 5) is 7.25. The third kappa shape index (κ3) is 575. The minimum atomic E-state index is -5.12. The maximum atomic E-state index is 8.80. The van der Waals surface area contributed by atoms with E-state index >= 15 is 0 Å². The first-order valence-corrected chi connectivity index (χ1v) is 2.85. The predicted molar refractivity (Wildman–Crippen MR) is 12.5 cm³/mol. The molecule has 0 atom stereocenters. The van der Waals surface area contributed by atoms with Gasteiger partial charge in [0, 0.05) is 0 Å². The van der Waals surface area contributed by atoms with Gasteiger partial charge in [-0.15, -0.1) is 0 Å². The second kappa shape index (κ2) is 3.82. The van der Waals surface area contributed by atoms with Gasteiger partial charge in [-0.3, -0.25) is 0 Å². The van der Waals surface area contributed by atoms with Gasteiger partial charge >= 0.3 is 29.4 Å². The molecule has 7 heteroatoms. The summed E-state index contributed by atoms with van der Waals surface area (Å²) in [5.74, 6) is 0. The van der Waals surface area contributed by atoms with Crippen LogP contribution in [0.2, 0.25) is 0 Å². The maximum absolute atomic E-state index is 8.80. The van der Waals surface area contributed by atoms with Crippen molar-refractivity contribution in [2.24, 2.45) is 0 Å². The summed E-state index contributed by atoms with van der Waals surface area (Å²) >= 11 is -5.12. The van der Waals surface area contributed by atoms with Crippen molar-refractivity contribution in [3.8, 4) is 0 Å². The molecule has 0 spiro atoms. The van der Waals surface area contributed by atoms with Crippen molar-refractivity contribution in [2.45, 2.75) is 0 Å². The summed E-state index contributed by atoms with van der Waals surface area (Å²) in [6, 6.07) is 0. The van der Waals surface area contributed by atoms with Crippen LogP contribution in [-0.4, -0.2) is 8.38 Å². The Morgan fingerprint density at radius 3 is 1.14 bits per heavy atom. The van der Waals surface area contributed by atoms with Gasteiger partial charge in [0.2, 0.25) is 0 Å². The molecule has 7 heavy (non-hydrogen) atoms. The Bertz CT molecular complexity index is 102. The first-order valence-electron chi connectivity index (χ1n) is 0.829. The molecule has 45 valence electrons. The fourth-order valence-electron chi connectivity index (χ4n) is 0. The van der Waals surface area contributed by atoms with Crippen LogP contribution in [0.25, 0.3) is 5.59 Å². The summed E-state index contributed by atoms with van der Waals surface area (Å²) in [6.45, 7) is 0. The Morgan fingerprint density at radius 1 is 1.14 bits per heavy atom. The normalized spacial score (nSPS) is 8.86. The molecule has 0 aromatic carbocycles. The van der Waals surface area contributed by atoms with E-state index in [9.17, 15) is 0 Å². The Hall–Kier alpha value is -0.361. The summed E-state index contributed by atoms with van der Waals surface area (Å²) in [5.41, 5.74) is 5.75. The van der Waals surface area contributed by atoms with Gasteiger partial charge in [0.25, 0.3) is 0 Å². The molecule has 0 aromatic heterocycles. The standard InChI is InChI=1S/Mn.NO.2H2O.2O/c;1-2;;;;/h;;2*1H2;;/q+2;-1;;;;/p-2. The van der Waals surface area contributed by atoms with Gasteiger partial charge in [0.05, 0.1) is 0 Å². The van der Waals surface area contributed by atoms with Gasteiger partial charge in [0.15, 0.2) is 0 Å². The molecular weight excluding hydrogens is 149 g/mol. The van der Waals surface area contributed by atoms with Crippen molar-refractivity contribution >= 4 is 0 Å². The van der Waals surface area contributed by atoms with E-state index in [1.807, 2.05) is 0 Å². The summed E-state index contributed by atoms with van der Waals surface area (Å²) in [6.07, 6.45) is 0. The molecule has 0 aromatic rings. The van der Waals surface area contributed by atoms with E-state index in [4.69, 9.17) is 26.5 Å². The first kappa shape index (κ1) is 9.81. The molecule has 0 fully saturated rings. The van der Waals surface area contributed by atoms with Crippen LogP contribution < -0.4 is 0 Å². The molecule has 0 saturated heterocycles. The Morgan fingerprint density at radius 2 is 1.14 bits per heavy atom. The van der Waals surface area contributed by atoms with Crippen LogP contribution in [0, 0.1) is 4.91 Å². The number of nitroso groups, excluding NO2 is 1. The number of rotatable bonds is 0. The van der Waals surface area contributed by atoms with Gasteiger partial charge in [0.1, 0.15) is 0 Å². The third-order valence-corrected chi connectivity index (χ3v) is 0. The zero-order valence-electron chi connectivity index (χ0n) is 2.94. The monoisotopic (exact) mass is 151 g/mol. The van der Waals surface area contributed by atoms with Crippen LogP contribution in [0.5, 0.6) is 0 Å². The van der Waals surface area contributed by atoms with Gasteiger partial charge in [-0.05, 0) is 0 Å². The Kier molecular flexibility index (Phi) is 5.35. The van der Waals surface area contributed by atoms with E-state index in [1.165, 1.54) is 0 Å². The molecule has 0 aliphatic carbocycles. The van der Waals surface area contributed by atoms with Crippen molar-refractivity contribution in [3.05, 3.63) is 10.5 Å². The fourth-order valence-corrected chi connectivity index (χ4v) is 0. The molecule has 0 bridgehead atoms. The van der Waals surface area contributed by atoms with E-state index in [0.29, 0.717) is 0 Å². The number of nitrogens with zero attached hydrogens (tertiary/aromatic N) is 1. The molecule has 6 nitrogen and oxygen atoms in total. The topological polar surface area (TPSA) is 114 Å². The van der Waals surface area contributed by atoms with Crippen molar-refractivity contribution in [2.75, 3.05) is 0 Å². The van der Waals surface area contributed by atoms with Crippen LogP contribution in [0.15, 0.2) is 0 Å². The number of hydrogen-bond acceptors (Lipinski definition) is 3. The Labute approximate surface area is 40.8 Å². The van der Waals surface area contributed by atoms with Crippen molar-refractivity contribution in [1.82, 2.24) is 0 Å². The quantitative estimate of drug-likeness (QED) is 0.429. The second-order valence-electron chi connectivity index (χ2n) is 0.415. The number of hydrogen-bond donors (Lipinski definition) is 2. The summed E-state index contributed by atoms with van der Waals surface area (Å²) in [5, 5.41) is 0. The van der Waals surface area contributed by atoms with Crippen LogP contribution in [-0.2, 0) is 21.0 Å². The zero-order valence-corrected chi connectivity index (χ0v) is 4.12. The van der Waals surface area contributed by atoms with E-state index in [1.54, 1.807) is 0 Å². The van der Waals surface area contributed by atoms with Crippen LogP contribution in [0.1, 0.15) is 0 Å². The average molecular weight is 151 g/mol. The van der Waals surface area contributed by atoms with Crippen molar-refractivity contribution < 1.29 is 29.4 Å². The molecule has 0 saturated carbocycles. The molecule has 0 heterocycles. The van der Waals surface area contributed by atoms with Crippen LogP contribution in [0.4, 0.5) is 0 Å². The first-order chi connectivity index (χ1) is 3.00. The Balaban J connectivity index is 0. The van der Waals surface area contributed by atoms with Gasteiger partial charge in [-0.1, -0.05) is 0 Å². The molecule has 0 rings (SSSR count). The van der Waals surface area contributed by atoms with Crippen molar-refractivity contribution in [1.29, 1.82) is 0 Å². The van der Waals surface area contributed by atoms with Gasteiger partial charge < -0.3 is 10.5 Å². The van der Waals surface area contributed by atoms with E-state index in [-0.39, 0.29) is 0 Å². The minimum absolute atomic E-state index is 5.12.